The average Bonchev–Trinajstić information content (AvgIpc) is 2.45. The summed E-state index contributed by atoms with van der Waals surface area (Å²) < 4.78 is 27.1. The zero-order valence-electron chi connectivity index (χ0n) is 11.8. The van der Waals surface area contributed by atoms with Gasteiger partial charge in [-0.1, -0.05) is 37.3 Å². The zero-order chi connectivity index (χ0) is 14.5. The van der Waals surface area contributed by atoms with E-state index in [0.29, 0.717) is 18.0 Å². The molecule has 0 aliphatic heterocycles. The van der Waals surface area contributed by atoms with Gasteiger partial charge in [-0.3, -0.25) is 0 Å². The van der Waals surface area contributed by atoms with Gasteiger partial charge in [0.25, 0.3) is 0 Å². The fraction of sp³-hybridized carbons (Fsp3) is 0.294. The van der Waals surface area contributed by atoms with Crippen molar-refractivity contribution in [2.75, 3.05) is 11.9 Å². The first kappa shape index (κ1) is 14.5. The second-order valence-electron chi connectivity index (χ2n) is 5.11. The molecule has 3 heteroatoms. The van der Waals surface area contributed by atoms with E-state index in [1.54, 1.807) is 6.92 Å². The lowest BCUT2D eigenvalue weighted by Crippen LogP contribution is -2.08. The van der Waals surface area contributed by atoms with Gasteiger partial charge in [0.05, 0.1) is 5.69 Å². The van der Waals surface area contributed by atoms with Crippen molar-refractivity contribution in [3.05, 3.63) is 65.2 Å². The van der Waals surface area contributed by atoms with E-state index in [2.05, 4.69) is 24.4 Å². The van der Waals surface area contributed by atoms with Crippen molar-refractivity contribution in [2.24, 2.45) is 0 Å². The van der Waals surface area contributed by atoms with Gasteiger partial charge < -0.3 is 5.32 Å². The summed E-state index contributed by atoms with van der Waals surface area (Å²) in [4.78, 5) is 0. The van der Waals surface area contributed by atoms with E-state index in [0.717, 1.165) is 6.42 Å². The number of anilines is 1. The summed E-state index contributed by atoms with van der Waals surface area (Å²) in [5.41, 5.74) is 1.81. The van der Waals surface area contributed by atoms with Crippen molar-refractivity contribution in [3.63, 3.8) is 0 Å². The zero-order valence-corrected chi connectivity index (χ0v) is 11.8. The molecule has 0 aromatic heterocycles. The molecule has 20 heavy (non-hydrogen) atoms. The number of benzene rings is 2. The van der Waals surface area contributed by atoms with E-state index >= 15 is 0 Å². The molecule has 106 valence electrons. The number of rotatable bonds is 5. The normalized spacial score (nSPS) is 12.2. The van der Waals surface area contributed by atoms with Gasteiger partial charge in [0.15, 0.2) is 0 Å². The second-order valence-corrected chi connectivity index (χ2v) is 5.11. The fourth-order valence-corrected chi connectivity index (χ4v) is 2.15. The van der Waals surface area contributed by atoms with Crippen LogP contribution in [0.4, 0.5) is 14.5 Å². The highest BCUT2D eigenvalue weighted by Crippen LogP contribution is 2.21. The molecule has 0 fully saturated rings. The van der Waals surface area contributed by atoms with Crippen molar-refractivity contribution in [3.8, 4) is 0 Å². The van der Waals surface area contributed by atoms with Crippen LogP contribution in [-0.4, -0.2) is 6.54 Å². The van der Waals surface area contributed by atoms with Crippen LogP contribution in [0.15, 0.2) is 42.5 Å². The van der Waals surface area contributed by atoms with Crippen molar-refractivity contribution in [2.45, 2.75) is 26.2 Å². The third kappa shape index (κ3) is 3.56. The molecular formula is C17H19F2N. The minimum absolute atomic E-state index is 0.230. The Bertz CT molecular complexity index is 567. The number of halogens is 2. The first-order chi connectivity index (χ1) is 9.58. The summed E-state index contributed by atoms with van der Waals surface area (Å²) >= 11 is 0. The highest BCUT2D eigenvalue weighted by Gasteiger charge is 2.08. The van der Waals surface area contributed by atoms with Crippen molar-refractivity contribution in [1.82, 2.24) is 0 Å². The van der Waals surface area contributed by atoms with Crippen LogP contribution in [0.3, 0.4) is 0 Å². The molecule has 2 rings (SSSR count). The van der Waals surface area contributed by atoms with Crippen molar-refractivity contribution >= 4 is 5.69 Å². The molecule has 0 saturated carbocycles. The number of hydrogen-bond acceptors (Lipinski definition) is 1. The van der Waals surface area contributed by atoms with Crippen LogP contribution in [0.2, 0.25) is 0 Å². The Labute approximate surface area is 118 Å². The largest absolute Gasteiger partial charge is 0.383 e. The van der Waals surface area contributed by atoms with Crippen LogP contribution >= 0.6 is 0 Å². The summed E-state index contributed by atoms with van der Waals surface area (Å²) in [5, 5.41) is 2.97. The van der Waals surface area contributed by atoms with Gasteiger partial charge in [0.2, 0.25) is 0 Å². The van der Waals surface area contributed by atoms with Crippen LogP contribution in [0, 0.1) is 18.6 Å². The second kappa shape index (κ2) is 6.51. The van der Waals surface area contributed by atoms with E-state index in [1.165, 1.54) is 17.7 Å². The van der Waals surface area contributed by atoms with Gasteiger partial charge >= 0.3 is 0 Å². The van der Waals surface area contributed by atoms with Crippen molar-refractivity contribution < 1.29 is 8.78 Å². The van der Waals surface area contributed by atoms with Gasteiger partial charge in [-0.2, -0.15) is 0 Å². The lowest BCUT2D eigenvalue weighted by molar-refractivity contribution is 0.593. The molecule has 0 spiro atoms. The van der Waals surface area contributed by atoms with E-state index in [4.69, 9.17) is 0 Å². The predicted octanol–water partition coefficient (Wildman–Crippen LogP) is 4.88. The molecule has 1 atom stereocenters. The third-order valence-corrected chi connectivity index (χ3v) is 3.51. The van der Waals surface area contributed by atoms with Gasteiger partial charge in [-0.15, -0.1) is 0 Å². The topological polar surface area (TPSA) is 12.0 Å². The number of aryl methyl sites for hydroxylation is 1. The predicted molar refractivity (Wildman–Crippen MR) is 79.1 cm³/mol. The Hall–Kier alpha value is -1.90. The first-order valence-electron chi connectivity index (χ1n) is 6.82. The SMILES string of the molecule is Cc1cc(F)c(NCCC(C)c2ccccc2)cc1F. The molecule has 2 aromatic carbocycles. The van der Waals surface area contributed by atoms with Gasteiger partial charge in [0.1, 0.15) is 11.6 Å². The smallest absolute Gasteiger partial charge is 0.146 e. The standard InChI is InChI=1S/C17H19F2N/c1-12(14-6-4-3-5-7-14)8-9-20-17-11-15(18)13(2)10-16(17)19/h3-7,10-12,20H,8-9H2,1-2H3. The summed E-state index contributed by atoms with van der Waals surface area (Å²) in [7, 11) is 0. The molecule has 0 saturated heterocycles. The Morgan fingerprint density at radius 2 is 1.75 bits per heavy atom. The monoisotopic (exact) mass is 275 g/mol. The highest BCUT2D eigenvalue weighted by molar-refractivity contribution is 5.46. The molecule has 1 nitrogen and oxygen atoms in total. The molecule has 2 aromatic rings. The van der Waals surface area contributed by atoms with Crippen molar-refractivity contribution in [1.29, 1.82) is 0 Å². The fourth-order valence-electron chi connectivity index (χ4n) is 2.15. The summed E-state index contributed by atoms with van der Waals surface area (Å²) in [6, 6.07) is 12.6. The summed E-state index contributed by atoms with van der Waals surface area (Å²) in [6.07, 6.45) is 0.860. The Morgan fingerprint density at radius 1 is 1.05 bits per heavy atom. The number of nitrogens with one attached hydrogen (secondary N) is 1. The maximum absolute atomic E-state index is 13.6. The van der Waals surface area contributed by atoms with Gasteiger partial charge in [0, 0.05) is 12.6 Å². The maximum atomic E-state index is 13.6. The summed E-state index contributed by atoms with van der Waals surface area (Å²) in [6.45, 7) is 4.29. The minimum atomic E-state index is -0.406. The molecule has 0 aliphatic rings. The maximum Gasteiger partial charge on any atom is 0.146 e. The Balaban J connectivity index is 1.92. The molecule has 1 N–H and O–H groups in total. The molecular weight excluding hydrogens is 256 g/mol. The van der Waals surface area contributed by atoms with Crippen LogP contribution in [0.1, 0.15) is 30.4 Å². The van der Waals surface area contributed by atoms with E-state index in [-0.39, 0.29) is 11.5 Å². The minimum Gasteiger partial charge on any atom is -0.383 e. The van der Waals surface area contributed by atoms with Crippen LogP contribution in [0.25, 0.3) is 0 Å². The van der Waals surface area contributed by atoms with E-state index < -0.39 is 5.82 Å². The van der Waals surface area contributed by atoms with Crippen LogP contribution in [-0.2, 0) is 0 Å². The van der Waals surface area contributed by atoms with E-state index in [9.17, 15) is 8.78 Å². The lowest BCUT2D eigenvalue weighted by atomic mass is 9.98. The Kier molecular flexibility index (Phi) is 4.72. The molecule has 1 unspecified atom stereocenters. The molecule has 0 heterocycles. The Morgan fingerprint density at radius 3 is 2.45 bits per heavy atom. The average molecular weight is 275 g/mol. The van der Waals surface area contributed by atoms with Gasteiger partial charge in [-0.25, -0.2) is 8.78 Å². The third-order valence-electron chi connectivity index (χ3n) is 3.51. The van der Waals surface area contributed by atoms with Crippen LogP contribution in [0.5, 0.6) is 0 Å². The molecule has 0 radical (unpaired) electrons. The molecule has 0 bridgehead atoms. The van der Waals surface area contributed by atoms with Crippen LogP contribution < -0.4 is 5.32 Å². The summed E-state index contributed by atoms with van der Waals surface area (Å²) in [5.74, 6) is -0.414. The van der Waals surface area contributed by atoms with E-state index in [1.807, 2.05) is 18.2 Å². The van der Waals surface area contributed by atoms with Gasteiger partial charge in [-0.05, 0) is 36.5 Å². The quantitative estimate of drug-likeness (QED) is 0.820. The first-order valence-corrected chi connectivity index (χ1v) is 6.82. The highest BCUT2D eigenvalue weighted by atomic mass is 19.1. The number of hydrogen-bond donors (Lipinski definition) is 1. The lowest BCUT2D eigenvalue weighted by Gasteiger charge is -2.14. The molecule has 0 aliphatic carbocycles. The molecule has 0 amide bonds.